The molecule has 0 radical (unpaired) electrons. The van der Waals surface area contributed by atoms with Gasteiger partial charge in [0, 0.05) is 11.7 Å². The van der Waals surface area contributed by atoms with E-state index in [4.69, 9.17) is 5.73 Å². The minimum absolute atomic E-state index is 0.306. The summed E-state index contributed by atoms with van der Waals surface area (Å²) in [4.78, 5) is 0. The van der Waals surface area contributed by atoms with Crippen molar-refractivity contribution in [2.24, 2.45) is 5.73 Å². The molecule has 0 fully saturated rings. The topological polar surface area (TPSA) is 43.8 Å². The Morgan fingerprint density at radius 3 is 2.88 bits per heavy atom. The Hall–Kier alpha value is -1.61. The molecular weight excluding hydrogens is 198 g/mol. The first kappa shape index (κ1) is 9.60. The molecule has 1 aliphatic rings. The highest BCUT2D eigenvalue weighted by Crippen LogP contribution is 2.22. The summed E-state index contributed by atoms with van der Waals surface area (Å²) in [7, 11) is 0. The number of hydrogen-bond donors (Lipinski definition) is 1. The Kier molecular flexibility index (Phi) is 2.26. The van der Waals surface area contributed by atoms with Crippen LogP contribution < -0.4 is 5.73 Å². The lowest BCUT2D eigenvalue weighted by Crippen LogP contribution is -2.28. The number of aromatic nitrogens is 2. The molecule has 0 bridgehead atoms. The Bertz CT molecular complexity index is 487. The van der Waals surface area contributed by atoms with Crippen LogP contribution in [0.2, 0.25) is 0 Å². The first-order valence-electron chi connectivity index (χ1n) is 5.71. The fraction of sp³-hybridized carbons (Fsp3) is 0.308. The summed E-state index contributed by atoms with van der Waals surface area (Å²) in [6.07, 6.45) is 5.01. The van der Waals surface area contributed by atoms with Crippen LogP contribution in [0, 0.1) is 0 Å². The van der Waals surface area contributed by atoms with Crippen molar-refractivity contribution in [2.45, 2.75) is 25.3 Å². The van der Waals surface area contributed by atoms with Gasteiger partial charge >= 0.3 is 0 Å². The highest BCUT2D eigenvalue weighted by atomic mass is 15.3. The summed E-state index contributed by atoms with van der Waals surface area (Å²) in [5, 5.41) is 4.46. The van der Waals surface area contributed by atoms with E-state index >= 15 is 0 Å². The van der Waals surface area contributed by atoms with Crippen LogP contribution in [0.3, 0.4) is 0 Å². The maximum atomic E-state index is 5.96. The number of hydrogen-bond acceptors (Lipinski definition) is 2. The number of fused-ring (bicyclic) bond motifs is 1. The molecule has 1 aliphatic carbocycles. The number of rotatable bonds is 1. The predicted molar refractivity (Wildman–Crippen MR) is 63.6 cm³/mol. The first-order chi connectivity index (χ1) is 7.84. The smallest absolute Gasteiger partial charge is 0.0648 e. The number of nitrogens with two attached hydrogens (primary N) is 1. The second-order valence-corrected chi connectivity index (χ2v) is 4.37. The quantitative estimate of drug-likeness (QED) is 0.783. The van der Waals surface area contributed by atoms with Crippen molar-refractivity contribution in [1.82, 2.24) is 9.78 Å². The molecule has 2 N–H and O–H groups in total. The molecule has 0 aliphatic heterocycles. The molecule has 1 aromatic carbocycles. The van der Waals surface area contributed by atoms with Gasteiger partial charge in [0.15, 0.2) is 0 Å². The number of benzene rings is 1. The van der Waals surface area contributed by atoms with Crippen molar-refractivity contribution in [3.8, 4) is 5.69 Å². The summed E-state index contributed by atoms with van der Waals surface area (Å²) in [6, 6.07) is 10.6. The fourth-order valence-electron chi connectivity index (χ4n) is 2.34. The molecule has 3 rings (SSSR count). The van der Waals surface area contributed by atoms with Crippen LogP contribution in [0.4, 0.5) is 0 Å². The summed E-state index contributed by atoms with van der Waals surface area (Å²) in [5.41, 5.74) is 9.73. The van der Waals surface area contributed by atoms with Crippen molar-refractivity contribution < 1.29 is 0 Å². The normalized spacial score (nSPS) is 19.4. The van der Waals surface area contributed by atoms with Crippen molar-refractivity contribution >= 4 is 0 Å². The average molecular weight is 213 g/mol. The predicted octanol–water partition coefficient (Wildman–Crippen LogP) is 1.69. The van der Waals surface area contributed by atoms with E-state index in [0.717, 1.165) is 24.9 Å². The van der Waals surface area contributed by atoms with Gasteiger partial charge in [-0.1, -0.05) is 18.2 Å². The zero-order chi connectivity index (χ0) is 11.0. The third-order valence-corrected chi connectivity index (χ3v) is 3.19. The average Bonchev–Trinajstić information content (AvgIpc) is 2.73. The third kappa shape index (κ3) is 1.53. The molecule has 0 saturated carbocycles. The summed E-state index contributed by atoms with van der Waals surface area (Å²) in [6.45, 7) is 0. The minimum Gasteiger partial charge on any atom is -0.327 e. The second kappa shape index (κ2) is 3.76. The first-order valence-corrected chi connectivity index (χ1v) is 5.71. The molecule has 0 spiro atoms. The van der Waals surface area contributed by atoms with Gasteiger partial charge in [-0.3, -0.25) is 0 Å². The van der Waals surface area contributed by atoms with Crippen LogP contribution in [-0.2, 0) is 12.8 Å². The van der Waals surface area contributed by atoms with Crippen molar-refractivity contribution in [1.29, 1.82) is 0 Å². The monoisotopic (exact) mass is 213 g/mol. The lowest BCUT2D eigenvalue weighted by molar-refractivity contribution is 0.562. The minimum atomic E-state index is 0.306. The zero-order valence-electron chi connectivity index (χ0n) is 9.13. The molecule has 1 aromatic heterocycles. The molecule has 0 saturated heterocycles. The van der Waals surface area contributed by atoms with Gasteiger partial charge in [-0.25, -0.2) is 4.68 Å². The Labute approximate surface area is 94.9 Å². The van der Waals surface area contributed by atoms with E-state index in [1.54, 1.807) is 0 Å². The van der Waals surface area contributed by atoms with Gasteiger partial charge in [-0.15, -0.1) is 0 Å². The SMILES string of the molecule is NC1CCc2c(cnn2-c2ccccc2)C1. The van der Waals surface area contributed by atoms with E-state index in [1.165, 1.54) is 11.3 Å². The molecule has 2 aromatic rings. The molecule has 1 heterocycles. The Morgan fingerprint density at radius 1 is 1.25 bits per heavy atom. The molecule has 3 heteroatoms. The van der Waals surface area contributed by atoms with E-state index in [-0.39, 0.29) is 0 Å². The Balaban J connectivity index is 2.04. The van der Waals surface area contributed by atoms with Crippen molar-refractivity contribution in [3.63, 3.8) is 0 Å². The zero-order valence-corrected chi connectivity index (χ0v) is 9.13. The number of nitrogens with zero attached hydrogens (tertiary/aromatic N) is 2. The maximum Gasteiger partial charge on any atom is 0.0648 e. The van der Waals surface area contributed by atoms with Crippen LogP contribution >= 0.6 is 0 Å². The lowest BCUT2D eigenvalue weighted by atomic mass is 9.94. The standard InChI is InChI=1S/C13H15N3/c14-11-6-7-13-10(8-11)9-15-16(13)12-4-2-1-3-5-12/h1-5,9,11H,6-8,14H2. The molecule has 16 heavy (non-hydrogen) atoms. The van der Waals surface area contributed by atoms with E-state index in [9.17, 15) is 0 Å². The van der Waals surface area contributed by atoms with Crippen LogP contribution in [0.5, 0.6) is 0 Å². The number of para-hydroxylation sites is 1. The van der Waals surface area contributed by atoms with E-state index in [0.29, 0.717) is 6.04 Å². The molecule has 1 atom stereocenters. The van der Waals surface area contributed by atoms with E-state index in [1.807, 2.05) is 29.1 Å². The van der Waals surface area contributed by atoms with Crippen LogP contribution in [0.15, 0.2) is 36.5 Å². The van der Waals surface area contributed by atoms with E-state index < -0.39 is 0 Å². The summed E-state index contributed by atoms with van der Waals surface area (Å²) < 4.78 is 2.04. The van der Waals surface area contributed by atoms with Gasteiger partial charge in [0.25, 0.3) is 0 Å². The van der Waals surface area contributed by atoms with Gasteiger partial charge in [-0.05, 0) is 37.0 Å². The van der Waals surface area contributed by atoms with Crippen LogP contribution in [0.25, 0.3) is 5.69 Å². The van der Waals surface area contributed by atoms with Gasteiger partial charge in [0.1, 0.15) is 0 Å². The van der Waals surface area contributed by atoms with Crippen molar-refractivity contribution in [3.05, 3.63) is 47.8 Å². The highest BCUT2D eigenvalue weighted by molar-refractivity contribution is 5.36. The summed E-state index contributed by atoms with van der Waals surface area (Å²) in [5.74, 6) is 0. The molecular formula is C13H15N3. The van der Waals surface area contributed by atoms with E-state index in [2.05, 4.69) is 17.2 Å². The molecule has 3 nitrogen and oxygen atoms in total. The Morgan fingerprint density at radius 2 is 2.06 bits per heavy atom. The highest BCUT2D eigenvalue weighted by Gasteiger charge is 2.20. The fourth-order valence-corrected chi connectivity index (χ4v) is 2.34. The molecule has 0 amide bonds. The third-order valence-electron chi connectivity index (χ3n) is 3.19. The van der Waals surface area contributed by atoms with Crippen LogP contribution in [-0.4, -0.2) is 15.8 Å². The van der Waals surface area contributed by atoms with Gasteiger partial charge < -0.3 is 5.73 Å². The summed E-state index contributed by atoms with van der Waals surface area (Å²) >= 11 is 0. The van der Waals surface area contributed by atoms with Crippen LogP contribution in [0.1, 0.15) is 17.7 Å². The second-order valence-electron chi connectivity index (χ2n) is 4.37. The molecule has 82 valence electrons. The molecule has 1 unspecified atom stereocenters. The van der Waals surface area contributed by atoms with Gasteiger partial charge in [-0.2, -0.15) is 5.10 Å². The van der Waals surface area contributed by atoms with Gasteiger partial charge in [0.2, 0.25) is 0 Å². The lowest BCUT2D eigenvalue weighted by Gasteiger charge is -2.19. The van der Waals surface area contributed by atoms with Gasteiger partial charge in [0.05, 0.1) is 11.9 Å². The largest absolute Gasteiger partial charge is 0.327 e. The van der Waals surface area contributed by atoms with Crippen molar-refractivity contribution in [2.75, 3.05) is 0 Å². The maximum absolute atomic E-state index is 5.96.